The second-order valence-electron chi connectivity index (χ2n) is 3.86. The minimum atomic E-state index is -0.0652. The van der Waals surface area contributed by atoms with Crippen molar-refractivity contribution in [1.82, 2.24) is 0 Å². The van der Waals surface area contributed by atoms with E-state index in [1.807, 2.05) is 60.7 Å². The van der Waals surface area contributed by atoms with Gasteiger partial charge in [-0.05, 0) is 12.1 Å². The van der Waals surface area contributed by atoms with Gasteiger partial charge in [-0.1, -0.05) is 48.5 Å². The van der Waals surface area contributed by atoms with Crippen LogP contribution >= 0.6 is 0 Å². The number of nitrogens with one attached hydrogen (secondary N) is 1. The van der Waals surface area contributed by atoms with Crippen molar-refractivity contribution in [2.75, 3.05) is 5.43 Å². The summed E-state index contributed by atoms with van der Waals surface area (Å²) < 4.78 is 0. The number of hydrazone groups is 1. The normalized spacial score (nSPS) is 11.1. The minimum Gasteiger partial charge on any atom is -0.293 e. The zero-order valence-electron chi connectivity index (χ0n) is 10.1. The number of benzene rings is 2. The van der Waals surface area contributed by atoms with Crippen LogP contribution in [0.25, 0.3) is 0 Å². The molecule has 0 atom stereocenters. The molecule has 0 radical (unpaired) electrons. The zero-order valence-corrected chi connectivity index (χ0v) is 10.1. The predicted octanol–water partition coefficient (Wildman–Crippen LogP) is 3.09. The molecule has 0 unspecified atom stereocenters. The van der Waals surface area contributed by atoms with Crippen LogP contribution in [0.4, 0.5) is 5.69 Å². The standard InChI is InChI=1S/C15H14N2O/c1-12(18)15(13-8-4-2-5-9-13)17-16-14-10-6-3-7-11-14/h2-11,16H,1H3/b17-15-. The smallest absolute Gasteiger partial charge is 0.180 e. The summed E-state index contributed by atoms with van der Waals surface area (Å²) in [5, 5.41) is 4.18. The third-order valence-electron chi connectivity index (χ3n) is 2.45. The molecule has 90 valence electrons. The Morgan fingerprint density at radius 2 is 1.50 bits per heavy atom. The lowest BCUT2D eigenvalue weighted by molar-refractivity contribution is -0.111. The van der Waals surface area contributed by atoms with E-state index in [1.165, 1.54) is 6.92 Å². The Morgan fingerprint density at radius 3 is 2.06 bits per heavy atom. The van der Waals surface area contributed by atoms with Crippen LogP contribution in [0.2, 0.25) is 0 Å². The maximum Gasteiger partial charge on any atom is 0.180 e. The molecule has 0 aromatic heterocycles. The summed E-state index contributed by atoms with van der Waals surface area (Å²) in [5.74, 6) is -0.0652. The summed E-state index contributed by atoms with van der Waals surface area (Å²) in [6.07, 6.45) is 0. The van der Waals surface area contributed by atoms with Crippen molar-refractivity contribution in [2.45, 2.75) is 6.92 Å². The van der Waals surface area contributed by atoms with Gasteiger partial charge in [0.1, 0.15) is 5.71 Å². The molecule has 0 amide bonds. The number of ketones is 1. The molecule has 0 heterocycles. The average molecular weight is 238 g/mol. The van der Waals surface area contributed by atoms with Gasteiger partial charge in [-0.2, -0.15) is 5.10 Å². The van der Waals surface area contributed by atoms with E-state index in [-0.39, 0.29) is 5.78 Å². The number of carbonyl (C=O) groups is 1. The zero-order chi connectivity index (χ0) is 12.8. The molecule has 0 aliphatic rings. The molecule has 3 nitrogen and oxygen atoms in total. The number of Topliss-reactive ketones (excluding diaryl/α,β-unsaturated/α-hetero) is 1. The Morgan fingerprint density at radius 1 is 0.944 bits per heavy atom. The summed E-state index contributed by atoms with van der Waals surface area (Å²) in [7, 11) is 0. The maximum atomic E-state index is 11.6. The highest BCUT2D eigenvalue weighted by Crippen LogP contribution is 2.07. The van der Waals surface area contributed by atoms with Crippen LogP contribution in [-0.2, 0) is 4.79 Å². The van der Waals surface area contributed by atoms with Crippen LogP contribution in [0, 0.1) is 0 Å². The SMILES string of the molecule is CC(=O)/C(=N/Nc1ccccc1)c1ccccc1. The number of para-hydroxylation sites is 1. The maximum absolute atomic E-state index is 11.6. The first kappa shape index (κ1) is 12.0. The van der Waals surface area contributed by atoms with Gasteiger partial charge in [-0.15, -0.1) is 0 Å². The Bertz CT molecular complexity index is 547. The number of rotatable bonds is 4. The third kappa shape index (κ3) is 3.04. The first-order valence-corrected chi connectivity index (χ1v) is 5.72. The number of anilines is 1. The predicted molar refractivity (Wildman–Crippen MR) is 73.7 cm³/mol. The highest BCUT2D eigenvalue weighted by molar-refractivity contribution is 6.45. The van der Waals surface area contributed by atoms with Crippen LogP contribution < -0.4 is 5.43 Å². The van der Waals surface area contributed by atoms with Gasteiger partial charge in [0.05, 0.1) is 5.69 Å². The molecule has 0 saturated heterocycles. The first-order valence-electron chi connectivity index (χ1n) is 5.72. The summed E-state index contributed by atoms with van der Waals surface area (Å²) in [4.78, 5) is 11.6. The first-order chi connectivity index (χ1) is 8.77. The number of nitrogens with zero attached hydrogens (tertiary/aromatic N) is 1. The number of hydrogen-bond acceptors (Lipinski definition) is 3. The molecular formula is C15H14N2O. The van der Waals surface area contributed by atoms with Crippen LogP contribution in [0.5, 0.6) is 0 Å². The molecule has 2 rings (SSSR count). The van der Waals surface area contributed by atoms with Crippen molar-refractivity contribution in [1.29, 1.82) is 0 Å². The molecule has 0 spiro atoms. The van der Waals surface area contributed by atoms with Gasteiger partial charge >= 0.3 is 0 Å². The fourth-order valence-corrected chi connectivity index (χ4v) is 1.58. The van der Waals surface area contributed by atoms with E-state index in [9.17, 15) is 4.79 Å². The fraction of sp³-hybridized carbons (Fsp3) is 0.0667. The Hall–Kier alpha value is -2.42. The van der Waals surface area contributed by atoms with E-state index in [2.05, 4.69) is 10.5 Å². The molecular weight excluding hydrogens is 224 g/mol. The Balaban J connectivity index is 2.24. The summed E-state index contributed by atoms with van der Waals surface area (Å²) in [5.41, 5.74) is 4.99. The minimum absolute atomic E-state index is 0.0652. The summed E-state index contributed by atoms with van der Waals surface area (Å²) >= 11 is 0. The molecule has 0 saturated carbocycles. The van der Waals surface area contributed by atoms with Crippen LogP contribution in [0.15, 0.2) is 65.8 Å². The van der Waals surface area contributed by atoms with Gasteiger partial charge in [0.25, 0.3) is 0 Å². The van der Waals surface area contributed by atoms with Crippen molar-refractivity contribution >= 4 is 17.2 Å². The third-order valence-corrected chi connectivity index (χ3v) is 2.45. The lowest BCUT2D eigenvalue weighted by atomic mass is 10.1. The van der Waals surface area contributed by atoms with Gasteiger partial charge in [0, 0.05) is 12.5 Å². The van der Waals surface area contributed by atoms with Crippen molar-refractivity contribution in [2.24, 2.45) is 5.10 Å². The summed E-state index contributed by atoms with van der Waals surface area (Å²) in [6, 6.07) is 19.0. The van der Waals surface area contributed by atoms with Crippen LogP contribution in [0.3, 0.4) is 0 Å². The lowest BCUT2D eigenvalue weighted by Gasteiger charge is -2.04. The van der Waals surface area contributed by atoms with E-state index >= 15 is 0 Å². The van der Waals surface area contributed by atoms with Gasteiger partial charge in [-0.3, -0.25) is 10.2 Å². The monoisotopic (exact) mass is 238 g/mol. The lowest BCUT2D eigenvalue weighted by Crippen LogP contribution is -2.13. The second kappa shape index (κ2) is 5.77. The summed E-state index contributed by atoms with van der Waals surface area (Å²) in [6.45, 7) is 1.51. The quantitative estimate of drug-likeness (QED) is 0.657. The van der Waals surface area contributed by atoms with Crippen molar-refractivity contribution in [3.63, 3.8) is 0 Å². The fourth-order valence-electron chi connectivity index (χ4n) is 1.58. The van der Waals surface area contributed by atoms with Crippen LogP contribution in [0.1, 0.15) is 12.5 Å². The van der Waals surface area contributed by atoms with Crippen molar-refractivity contribution in [3.05, 3.63) is 66.2 Å². The van der Waals surface area contributed by atoms with E-state index in [0.717, 1.165) is 11.3 Å². The van der Waals surface area contributed by atoms with Crippen LogP contribution in [-0.4, -0.2) is 11.5 Å². The van der Waals surface area contributed by atoms with E-state index in [1.54, 1.807) is 0 Å². The number of hydrogen-bond donors (Lipinski definition) is 1. The highest BCUT2D eigenvalue weighted by atomic mass is 16.1. The molecule has 0 aliphatic carbocycles. The molecule has 0 bridgehead atoms. The largest absolute Gasteiger partial charge is 0.293 e. The molecule has 2 aromatic carbocycles. The molecule has 0 fully saturated rings. The van der Waals surface area contributed by atoms with Crippen molar-refractivity contribution < 1.29 is 4.79 Å². The molecule has 0 aliphatic heterocycles. The van der Waals surface area contributed by atoms with Gasteiger partial charge < -0.3 is 0 Å². The van der Waals surface area contributed by atoms with Gasteiger partial charge in [0.15, 0.2) is 5.78 Å². The average Bonchev–Trinajstić information content (AvgIpc) is 2.41. The molecule has 2 aromatic rings. The van der Waals surface area contributed by atoms with Gasteiger partial charge in [-0.25, -0.2) is 0 Å². The Kier molecular flexibility index (Phi) is 3.86. The molecule has 3 heteroatoms. The van der Waals surface area contributed by atoms with E-state index in [0.29, 0.717) is 5.71 Å². The molecule has 1 N–H and O–H groups in total. The van der Waals surface area contributed by atoms with E-state index < -0.39 is 0 Å². The molecule has 18 heavy (non-hydrogen) atoms. The topological polar surface area (TPSA) is 41.5 Å². The highest BCUT2D eigenvalue weighted by Gasteiger charge is 2.08. The number of carbonyl (C=O) groups excluding carboxylic acids is 1. The second-order valence-corrected chi connectivity index (χ2v) is 3.86. The van der Waals surface area contributed by atoms with Gasteiger partial charge in [0.2, 0.25) is 0 Å². The Labute approximate surface area is 106 Å². The van der Waals surface area contributed by atoms with Crippen molar-refractivity contribution in [3.8, 4) is 0 Å². The van der Waals surface area contributed by atoms with E-state index in [4.69, 9.17) is 0 Å².